The van der Waals surface area contributed by atoms with Gasteiger partial charge in [-0.1, -0.05) is 0 Å². The van der Waals surface area contributed by atoms with E-state index in [2.05, 4.69) is 20.2 Å². The quantitative estimate of drug-likeness (QED) is 0.375. The topological polar surface area (TPSA) is 86.7 Å². The summed E-state index contributed by atoms with van der Waals surface area (Å²) in [7, 11) is -6.83. The Kier molecular flexibility index (Phi) is 6.59. The van der Waals surface area contributed by atoms with Gasteiger partial charge in [-0.3, -0.25) is 8.37 Å². The lowest BCUT2D eigenvalue weighted by Gasteiger charge is -1.96. The van der Waals surface area contributed by atoms with Gasteiger partial charge in [0.1, 0.15) is 0 Å². The van der Waals surface area contributed by atoms with Crippen molar-refractivity contribution in [3.05, 3.63) is 0 Å². The molecule has 8 heteroatoms. The highest BCUT2D eigenvalue weighted by Crippen LogP contribution is 1.90. The number of rotatable bonds is 6. The molecule has 0 heterocycles. The van der Waals surface area contributed by atoms with Gasteiger partial charge in [0.15, 0.2) is 0 Å². The Morgan fingerprint density at radius 3 is 1.38 bits per heavy atom. The first-order valence-electron chi connectivity index (χ1n) is 4.35. The third-order valence-corrected chi connectivity index (χ3v) is 2.36. The molecular formula is C8H14O6S2. The summed E-state index contributed by atoms with van der Waals surface area (Å²) in [5, 5.41) is 0. The molecule has 0 radical (unpaired) electrons. The van der Waals surface area contributed by atoms with E-state index in [1.165, 1.54) is 0 Å². The summed E-state index contributed by atoms with van der Waals surface area (Å²) in [6.45, 7) is -0.00245. The highest BCUT2D eigenvalue weighted by molar-refractivity contribution is 7.86. The van der Waals surface area contributed by atoms with Crippen molar-refractivity contribution in [3.63, 3.8) is 0 Å². The van der Waals surface area contributed by atoms with Gasteiger partial charge in [0, 0.05) is 12.8 Å². The number of hydrogen-bond acceptors (Lipinski definition) is 6. The lowest BCUT2D eigenvalue weighted by Crippen LogP contribution is -2.04. The van der Waals surface area contributed by atoms with Crippen molar-refractivity contribution in [2.75, 3.05) is 25.7 Å². The largest absolute Gasteiger partial charge is 0.269 e. The van der Waals surface area contributed by atoms with Crippen LogP contribution in [0.4, 0.5) is 0 Å². The van der Waals surface area contributed by atoms with Crippen LogP contribution in [0, 0.1) is 11.8 Å². The van der Waals surface area contributed by atoms with Gasteiger partial charge in [-0.2, -0.15) is 16.8 Å². The maximum Gasteiger partial charge on any atom is 0.264 e. The molecule has 0 fully saturated rings. The number of hydrogen-bond donors (Lipinski definition) is 0. The highest BCUT2D eigenvalue weighted by atomic mass is 32.2. The summed E-state index contributed by atoms with van der Waals surface area (Å²) in [6, 6.07) is 0. The molecular weight excluding hydrogens is 256 g/mol. The lowest BCUT2D eigenvalue weighted by atomic mass is 10.4. The predicted molar refractivity (Wildman–Crippen MR) is 58.6 cm³/mol. The average Bonchev–Trinajstić information content (AvgIpc) is 2.06. The maximum absolute atomic E-state index is 10.5. The summed E-state index contributed by atoms with van der Waals surface area (Å²) in [5.41, 5.74) is 0. The summed E-state index contributed by atoms with van der Waals surface area (Å²) in [6.07, 6.45) is 2.46. The van der Waals surface area contributed by atoms with E-state index in [1.807, 2.05) is 0 Å². The second kappa shape index (κ2) is 6.85. The van der Waals surface area contributed by atoms with Gasteiger partial charge in [-0.05, 0) is 0 Å². The molecule has 0 aromatic rings. The Labute approximate surface area is 96.2 Å². The van der Waals surface area contributed by atoms with Gasteiger partial charge in [0.05, 0.1) is 25.7 Å². The summed E-state index contributed by atoms with van der Waals surface area (Å²) in [5.74, 6) is 5.26. The van der Waals surface area contributed by atoms with Crippen molar-refractivity contribution in [1.29, 1.82) is 0 Å². The molecule has 0 rings (SSSR count). The average molecular weight is 270 g/mol. The second-order valence-electron chi connectivity index (χ2n) is 2.91. The van der Waals surface area contributed by atoms with E-state index >= 15 is 0 Å². The summed E-state index contributed by atoms with van der Waals surface area (Å²) in [4.78, 5) is 0. The zero-order valence-corrected chi connectivity index (χ0v) is 10.7. The van der Waals surface area contributed by atoms with Crippen LogP contribution in [-0.2, 0) is 28.6 Å². The van der Waals surface area contributed by atoms with Crippen molar-refractivity contribution in [2.45, 2.75) is 12.8 Å². The molecule has 0 spiro atoms. The van der Waals surface area contributed by atoms with Crippen molar-refractivity contribution in [2.24, 2.45) is 0 Å². The fourth-order valence-corrected chi connectivity index (χ4v) is 1.44. The smallest absolute Gasteiger partial charge is 0.264 e. The van der Waals surface area contributed by atoms with Gasteiger partial charge >= 0.3 is 0 Å². The van der Waals surface area contributed by atoms with Crippen LogP contribution in [0.15, 0.2) is 0 Å². The molecule has 0 amide bonds. The Hall–Kier alpha value is -0.620. The molecule has 0 aromatic carbocycles. The molecule has 0 aromatic heterocycles. The van der Waals surface area contributed by atoms with Crippen LogP contribution in [-0.4, -0.2) is 42.6 Å². The van der Waals surface area contributed by atoms with Crippen molar-refractivity contribution >= 4 is 20.2 Å². The van der Waals surface area contributed by atoms with Crippen LogP contribution in [0.1, 0.15) is 12.8 Å². The third-order valence-electron chi connectivity index (χ3n) is 1.17. The molecule has 0 atom stereocenters. The summed E-state index contributed by atoms with van der Waals surface area (Å²) < 4.78 is 50.9. The fourth-order valence-electron chi connectivity index (χ4n) is 0.665. The first kappa shape index (κ1) is 15.4. The van der Waals surface area contributed by atoms with Gasteiger partial charge < -0.3 is 0 Å². The Balaban J connectivity index is 3.58. The molecule has 0 saturated heterocycles. The molecule has 0 saturated carbocycles. The van der Waals surface area contributed by atoms with E-state index in [0.29, 0.717) is 0 Å². The van der Waals surface area contributed by atoms with Crippen LogP contribution in [0.25, 0.3) is 0 Å². The second-order valence-corrected chi connectivity index (χ2v) is 6.19. The van der Waals surface area contributed by atoms with E-state index in [9.17, 15) is 16.8 Å². The molecule has 94 valence electrons. The van der Waals surface area contributed by atoms with Crippen LogP contribution in [0.2, 0.25) is 0 Å². The van der Waals surface area contributed by atoms with Gasteiger partial charge in [0.25, 0.3) is 20.2 Å². The molecule has 0 aliphatic heterocycles. The molecule has 0 N–H and O–H groups in total. The molecule has 0 bridgehead atoms. The van der Waals surface area contributed by atoms with Crippen molar-refractivity contribution < 1.29 is 25.2 Å². The molecule has 6 nitrogen and oxygen atoms in total. The molecule has 0 aliphatic carbocycles. The van der Waals surface area contributed by atoms with E-state index in [1.54, 1.807) is 0 Å². The van der Waals surface area contributed by atoms with Crippen LogP contribution in [0.5, 0.6) is 0 Å². The first-order chi connectivity index (χ1) is 7.21. The van der Waals surface area contributed by atoms with E-state index in [4.69, 9.17) is 0 Å². The monoisotopic (exact) mass is 270 g/mol. The van der Waals surface area contributed by atoms with E-state index < -0.39 is 20.2 Å². The fraction of sp³-hybridized carbons (Fsp3) is 0.750. The molecule has 16 heavy (non-hydrogen) atoms. The van der Waals surface area contributed by atoms with E-state index in [0.717, 1.165) is 12.5 Å². The minimum atomic E-state index is -3.41. The van der Waals surface area contributed by atoms with Crippen molar-refractivity contribution in [1.82, 2.24) is 0 Å². The first-order valence-corrected chi connectivity index (χ1v) is 7.98. The van der Waals surface area contributed by atoms with Crippen LogP contribution >= 0.6 is 0 Å². The van der Waals surface area contributed by atoms with Crippen molar-refractivity contribution in [3.8, 4) is 11.8 Å². The zero-order valence-electron chi connectivity index (χ0n) is 9.09. The van der Waals surface area contributed by atoms with Gasteiger partial charge in [0.2, 0.25) is 0 Å². The van der Waals surface area contributed by atoms with Gasteiger partial charge in [-0.15, -0.1) is 11.8 Å². The predicted octanol–water partition coefficient (Wildman–Crippen LogP) is -0.278. The standard InChI is InChI=1S/C8H14O6S2/c1-15(9,10)13-7-5-3-4-6-8-14-16(2,11)12/h5-8H2,1-2H3. The minimum absolute atomic E-state index is 0.00122. The lowest BCUT2D eigenvalue weighted by molar-refractivity contribution is 0.327. The van der Waals surface area contributed by atoms with E-state index in [-0.39, 0.29) is 26.1 Å². The zero-order chi connectivity index (χ0) is 12.7. The van der Waals surface area contributed by atoms with Crippen LogP contribution < -0.4 is 0 Å². The minimum Gasteiger partial charge on any atom is -0.269 e. The van der Waals surface area contributed by atoms with Crippen LogP contribution in [0.3, 0.4) is 0 Å². The maximum atomic E-state index is 10.5. The Bertz CT molecular complexity index is 408. The third kappa shape index (κ3) is 13.4. The SMILES string of the molecule is CS(=O)(=O)OCCC#CCCOS(C)(=O)=O. The normalized spacial score (nSPS) is 11.9. The van der Waals surface area contributed by atoms with Gasteiger partial charge in [-0.25, -0.2) is 0 Å². The molecule has 0 unspecified atom stereocenters. The summed E-state index contributed by atoms with van der Waals surface area (Å²) >= 11 is 0. The highest BCUT2D eigenvalue weighted by Gasteiger charge is 1.99. The Morgan fingerprint density at radius 1 is 0.812 bits per heavy atom. The Morgan fingerprint density at radius 2 is 1.12 bits per heavy atom. The molecule has 0 aliphatic rings.